The Labute approximate surface area is 277 Å². The van der Waals surface area contributed by atoms with Gasteiger partial charge in [0.1, 0.15) is 6.61 Å². The van der Waals surface area contributed by atoms with Gasteiger partial charge in [-0.25, -0.2) is 9.79 Å². The van der Waals surface area contributed by atoms with E-state index in [4.69, 9.17) is 51.6 Å². The Balaban J connectivity index is 1.34. The van der Waals surface area contributed by atoms with Gasteiger partial charge in [-0.1, -0.05) is 46.7 Å². The monoisotopic (exact) mass is 682 g/mol. The Bertz CT molecular complexity index is 2010. The van der Waals surface area contributed by atoms with Crippen LogP contribution in [0.1, 0.15) is 36.6 Å². The second-order valence-corrected chi connectivity index (χ2v) is 11.9. The fraction of sp³-hybridized carbons (Fsp3) is 0.242. The molecule has 3 aromatic carbocycles. The topological polar surface area (TPSA) is 107 Å². The summed E-state index contributed by atoms with van der Waals surface area (Å²) in [5, 5.41) is 0.548. The first kappa shape index (κ1) is 31.5. The molecule has 0 saturated carbocycles. The summed E-state index contributed by atoms with van der Waals surface area (Å²) in [6.45, 7) is 4.97. The Morgan fingerprint density at radius 3 is 2.48 bits per heavy atom. The second kappa shape index (κ2) is 13.5. The van der Waals surface area contributed by atoms with E-state index in [1.54, 1.807) is 36.4 Å². The largest absolute Gasteiger partial charge is 0.490 e. The number of rotatable bonds is 10. The fourth-order valence-corrected chi connectivity index (χ4v) is 6.71. The van der Waals surface area contributed by atoms with Crippen LogP contribution >= 0.6 is 34.5 Å². The van der Waals surface area contributed by atoms with Crippen molar-refractivity contribution < 1.29 is 33.2 Å². The maximum Gasteiger partial charge on any atom is 0.337 e. The molecule has 0 aliphatic carbocycles. The molecule has 4 aromatic rings. The van der Waals surface area contributed by atoms with Crippen molar-refractivity contribution >= 4 is 46.6 Å². The molecule has 0 N–H and O–H groups in total. The summed E-state index contributed by atoms with van der Waals surface area (Å²) in [6, 6.07) is 13.3. The minimum Gasteiger partial charge on any atom is -0.490 e. The van der Waals surface area contributed by atoms with Crippen molar-refractivity contribution in [3.63, 3.8) is 0 Å². The highest BCUT2D eigenvalue weighted by Crippen LogP contribution is 2.37. The van der Waals surface area contributed by atoms with Crippen LogP contribution in [0.4, 0.5) is 0 Å². The average Bonchev–Trinajstić information content (AvgIpc) is 3.64. The summed E-state index contributed by atoms with van der Waals surface area (Å²) >= 11 is 14.4. The molecule has 2 aliphatic heterocycles. The molecule has 2 aliphatic rings. The molecule has 1 aromatic heterocycles. The van der Waals surface area contributed by atoms with Gasteiger partial charge in [0, 0.05) is 6.20 Å². The van der Waals surface area contributed by atoms with E-state index in [0.29, 0.717) is 62.4 Å². The molecule has 0 bridgehead atoms. The lowest BCUT2D eigenvalue weighted by atomic mass is 9.97. The molecule has 0 spiro atoms. The first-order chi connectivity index (χ1) is 22.3. The normalized spacial score (nSPS) is 15.1. The zero-order valence-corrected chi connectivity index (χ0v) is 27.3. The van der Waals surface area contributed by atoms with Crippen LogP contribution in [0.15, 0.2) is 70.1 Å². The lowest BCUT2D eigenvalue weighted by molar-refractivity contribution is -0.136. The number of halogens is 2. The highest BCUT2D eigenvalue weighted by atomic mass is 35.5. The van der Waals surface area contributed by atoms with E-state index in [-0.39, 0.29) is 34.6 Å². The zero-order chi connectivity index (χ0) is 32.4. The molecular weight excluding hydrogens is 655 g/mol. The number of aromatic nitrogens is 1. The number of hydrogen-bond donors (Lipinski definition) is 0. The minimum absolute atomic E-state index is 0.181. The van der Waals surface area contributed by atoms with Crippen LogP contribution in [-0.2, 0) is 16.1 Å². The summed E-state index contributed by atoms with van der Waals surface area (Å²) in [4.78, 5) is 31.7. The van der Waals surface area contributed by atoms with E-state index in [1.165, 1.54) is 29.2 Å². The smallest absolute Gasteiger partial charge is 0.337 e. The second-order valence-electron chi connectivity index (χ2n) is 10.0. The molecule has 46 heavy (non-hydrogen) atoms. The number of nitrogens with zero attached hydrogens (tertiary/aromatic N) is 2. The number of carbonyl (C=O) groups excluding carboxylic acids is 1. The van der Waals surface area contributed by atoms with Gasteiger partial charge in [0.25, 0.3) is 5.56 Å². The van der Waals surface area contributed by atoms with Crippen LogP contribution in [0, 0.1) is 0 Å². The van der Waals surface area contributed by atoms with Gasteiger partial charge in [-0.3, -0.25) is 9.36 Å². The molecule has 238 valence electrons. The molecule has 10 nitrogen and oxygen atoms in total. The first-order valence-corrected chi connectivity index (χ1v) is 15.9. The van der Waals surface area contributed by atoms with Crippen LogP contribution in [0.5, 0.6) is 28.7 Å². The standard InChI is InChI=1S/C33H28Cl2N2O8S/c1-4-41-24-9-7-20(14-27(24)42-5-2)29-21(32(39)40-3)15-36-33-37(29)31(38)28(46-33)13-19-10-22(34)30(23(35)11-19)43-16-18-6-8-25-26(12-18)45-17-44-25/h6-15,29H,4-5,16-17H2,1-3H3/b28-13-/t29-/m1/s1. The van der Waals surface area contributed by atoms with Crippen molar-refractivity contribution in [1.29, 1.82) is 0 Å². The Morgan fingerprint density at radius 2 is 1.74 bits per heavy atom. The number of fused-ring (bicyclic) bond motifs is 2. The number of thiazole rings is 1. The van der Waals surface area contributed by atoms with Gasteiger partial charge in [0.2, 0.25) is 6.79 Å². The van der Waals surface area contributed by atoms with Gasteiger partial charge in [0.05, 0.1) is 46.5 Å². The van der Waals surface area contributed by atoms with Crippen LogP contribution in [0.25, 0.3) is 6.08 Å². The van der Waals surface area contributed by atoms with Gasteiger partial charge in [-0.2, -0.15) is 0 Å². The molecule has 0 saturated heterocycles. The summed E-state index contributed by atoms with van der Waals surface area (Å²) in [5.74, 6) is 2.08. The zero-order valence-electron chi connectivity index (χ0n) is 25.0. The Morgan fingerprint density at radius 1 is 1.00 bits per heavy atom. The predicted octanol–water partition coefficient (Wildman–Crippen LogP) is 5.43. The number of ether oxygens (including phenoxy) is 6. The molecule has 0 fully saturated rings. The molecule has 0 unspecified atom stereocenters. The van der Waals surface area contributed by atoms with E-state index < -0.39 is 12.0 Å². The third-order valence-electron chi connectivity index (χ3n) is 7.15. The molecule has 13 heteroatoms. The Kier molecular flexibility index (Phi) is 9.25. The number of methoxy groups -OCH3 is 1. The number of esters is 1. The molecule has 6 rings (SSSR count). The van der Waals surface area contributed by atoms with Gasteiger partial charge < -0.3 is 28.4 Å². The quantitative estimate of drug-likeness (QED) is 0.204. The number of benzene rings is 3. The van der Waals surface area contributed by atoms with Crippen LogP contribution in [0.3, 0.4) is 0 Å². The van der Waals surface area contributed by atoms with Gasteiger partial charge in [-0.05, 0) is 73.0 Å². The van der Waals surface area contributed by atoms with E-state index in [0.717, 1.165) is 5.56 Å². The van der Waals surface area contributed by atoms with Crippen molar-refractivity contribution in [3.05, 3.63) is 107 Å². The van der Waals surface area contributed by atoms with Crippen LogP contribution < -0.4 is 38.6 Å². The molecule has 3 heterocycles. The maximum absolute atomic E-state index is 14.0. The highest BCUT2D eigenvalue weighted by molar-refractivity contribution is 7.07. The first-order valence-electron chi connectivity index (χ1n) is 14.3. The van der Waals surface area contributed by atoms with E-state index >= 15 is 0 Å². The van der Waals surface area contributed by atoms with Crippen molar-refractivity contribution in [1.82, 2.24) is 4.57 Å². The van der Waals surface area contributed by atoms with Gasteiger partial charge >= 0.3 is 5.97 Å². The van der Waals surface area contributed by atoms with Gasteiger partial charge in [-0.15, -0.1) is 0 Å². The third-order valence-corrected chi connectivity index (χ3v) is 8.71. The maximum atomic E-state index is 14.0. The van der Waals surface area contributed by atoms with E-state index in [1.807, 2.05) is 32.0 Å². The minimum atomic E-state index is -0.820. The molecule has 0 amide bonds. The highest BCUT2D eigenvalue weighted by Gasteiger charge is 2.31. The van der Waals surface area contributed by atoms with Crippen LogP contribution in [0.2, 0.25) is 10.0 Å². The van der Waals surface area contributed by atoms with Gasteiger partial charge in [0.15, 0.2) is 33.5 Å². The van der Waals surface area contributed by atoms with Crippen molar-refractivity contribution in [2.75, 3.05) is 27.1 Å². The fourth-order valence-electron chi connectivity index (χ4n) is 5.13. The summed E-state index contributed by atoms with van der Waals surface area (Å²) in [5.41, 5.74) is 1.90. The molecule has 0 radical (unpaired) electrons. The molecular formula is C33H28Cl2N2O8S. The number of carbonyl (C=O) groups is 1. The SMILES string of the molecule is CCOc1ccc([C@@H]2C(C(=O)OC)=CN=c3s/c(=C\c4cc(Cl)c(OCc5ccc6c(c5)OCO6)c(Cl)c4)c(=O)n32)cc1OCC. The van der Waals surface area contributed by atoms with Crippen molar-refractivity contribution in [2.45, 2.75) is 26.5 Å². The molecule has 1 atom stereocenters. The van der Waals surface area contributed by atoms with E-state index in [2.05, 4.69) is 4.99 Å². The average molecular weight is 684 g/mol. The summed E-state index contributed by atoms with van der Waals surface area (Å²) in [7, 11) is 1.28. The Hall–Kier alpha value is -4.45. The van der Waals surface area contributed by atoms with Crippen molar-refractivity contribution in [3.8, 4) is 28.7 Å². The lowest BCUT2D eigenvalue weighted by Crippen LogP contribution is -2.39. The summed E-state index contributed by atoms with van der Waals surface area (Å²) in [6.07, 6.45) is 3.11. The third kappa shape index (κ3) is 6.18. The number of hydrogen-bond acceptors (Lipinski definition) is 10. The lowest BCUT2D eigenvalue weighted by Gasteiger charge is -2.23. The van der Waals surface area contributed by atoms with Crippen molar-refractivity contribution in [2.24, 2.45) is 4.99 Å². The summed E-state index contributed by atoms with van der Waals surface area (Å²) < 4.78 is 35.1. The van der Waals surface area contributed by atoms with Crippen LogP contribution in [-0.4, -0.2) is 37.7 Å². The predicted molar refractivity (Wildman–Crippen MR) is 173 cm³/mol. The van der Waals surface area contributed by atoms with E-state index in [9.17, 15) is 9.59 Å².